The smallest absolute Gasteiger partial charge is 0.166 e. The minimum Gasteiger partial charge on any atom is -0.494 e. The van der Waals surface area contributed by atoms with Gasteiger partial charge in [0, 0.05) is 31.3 Å². The van der Waals surface area contributed by atoms with E-state index in [-0.39, 0.29) is 23.8 Å². The van der Waals surface area contributed by atoms with Crippen molar-refractivity contribution in [3.05, 3.63) is 29.3 Å². The van der Waals surface area contributed by atoms with Crippen LogP contribution >= 0.6 is 0 Å². The molecule has 25 heavy (non-hydrogen) atoms. The van der Waals surface area contributed by atoms with Gasteiger partial charge in [0.1, 0.15) is 5.75 Å². The fourth-order valence-electron chi connectivity index (χ4n) is 2.51. The Hall–Kier alpha value is -1.72. The van der Waals surface area contributed by atoms with Crippen molar-refractivity contribution >= 4 is 11.6 Å². The van der Waals surface area contributed by atoms with E-state index in [1.165, 1.54) is 6.92 Å². The average Bonchev–Trinajstić information content (AvgIpc) is 2.63. The highest BCUT2D eigenvalue weighted by Crippen LogP contribution is 2.23. The fourth-order valence-corrected chi connectivity index (χ4v) is 2.51. The van der Waals surface area contributed by atoms with Crippen molar-refractivity contribution in [3.63, 3.8) is 0 Å². The first kappa shape index (κ1) is 21.3. The van der Waals surface area contributed by atoms with Crippen LogP contribution in [-0.2, 0) is 9.47 Å². The Balaban J connectivity index is 2.69. The summed E-state index contributed by atoms with van der Waals surface area (Å²) in [5.41, 5.74) is 0.916. The average molecular weight is 350 g/mol. The van der Waals surface area contributed by atoms with Gasteiger partial charge in [0.25, 0.3) is 0 Å². The predicted octanol–water partition coefficient (Wildman–Crippen LogP) is 4.29. The standard InChI is InChI=1S/C20H30O5/c1-6-14(2)20(22)18-13-16(10-11-17(18)15(3)21)25-12-8-7-9-19(23-4)24-5/h10-11,13-14,19H,6-9,12H2,1-5H3. The zero-order valence-electron chi connectivity index (χ0n) is 16.0. The summed E-state index contributed by atoms with van der Waals surface area (Å²) in [5.74, 6) is 0.379. The molecule has 1 rings (SSSR count). The van der Waals surface area contributed by atoms with E-state index < -0.39 is 0 Å². The lowest BCUT2D eigenvalue weighted by Crippen LogP contribution is -2.15. The lowest BCUT2D eigenvalue weighted by Gasteiger charge is -2.14. The third-order valence-electron chi connectivity index (χ3n) is 4.32. The van der Waals surface area contributed by atoms with Gasteiger partial charge in [0.15, 0.2) is 17.9 Å². The third-order valence-corrected chi connectivity index (χ3v) is 4.32. The Bertz CT molecular complexity index is 563. The molecule has 140 valence electrons. The number of rotatable bonds is 12. The van der Waals surface area contributed by atoms with Crippen molar-refractivity contribution < 1.29 is 23.8 Å². The van der Waals surface area contributed by atoms with Crippen LogP contribution in [0.25, 0.3) is 0 Å². The number of benzene rings is 1. The topological polar surface area (TPSA) is 61.8 Å². The van der Waals surface area contributed by atoms with Gasteiger partial charge in [-0.05, 0) is 50.8 Å². The Labute approximate surface area is 150 Å². The van der Waals surface area contributed by atoms with Crippen molar-refractivity contribution in [2.24, 2.45) is 5.92 Å². The summed E-state index contributed by atoms with van der Waals surface area (Å²) in [7, 11) is 3.24. The van der Waals surface area contributed by atoms with E-state index in [1.807, 2.05) is 13.8 Å². The quantitative estimate of drug-likeness (QED) is 0.320. The highest BCUT2D eigenvalue weighted by molar-refractivity contribution is 6.09. The largest absolute Gasteiger partial charge is 0.494 e. The van der Waals surface area contributed by atoms with E-state index in [2.05, 4.69) is 0 Å². The number of carbonyl (C=O) groups is 2. The summed E-state index contributed by atoms with van der Waals surface area (Å²) in [6.07, 6.45) is 3.12. The van der Waals surface area contributed by atoms with Crippen LogP contribution in [0, 0.1) is 5.92 Å². The molecule has 1 unspecified atom stereocenters. The minimum atomic E-state index is -0.186. The second-order valence-corrected chi connectivity index (χ2v) is 6.18. The Morgan fingerprint density at radius 1 is 1.08 bits per heavy atom. The van der Waals surface area contributed by atoms with Gasteiger partial charge in [-0.1, -0.05) is 13.8 Å². The third kappa shape index (κ3) is 6.59. The minimum absolute atomic E-state index is 0.0128. The van der Waals surface area contributed by atoms with Crippen molar-refractivity contribution in [1.82, 2.24) is 0 Å². The molecule has 5 heteroatoms. The van der Waals surface area contributed by atoms with Crippen molar-refractivity contribution in [1.29, 1.82) is 0 Å². The monoisotopic (exact) mass is 350 g/mol. The Morgan fingerprint density at radius 3 is 2.32 bits per heavy atom. The van der Waals surface area contributed by atoms with Crippen LogP contribution in [0.5, 0.6) is 5.75 Å². The highest BCUT2D eigenvalue weighted by Gasteiger charge is 2.20. The van der Waals surface area contributed by atoms with E-state index in [1.54, 1.807) is 32.4 Å². The van der Waals surface area contributed by atoms with Crippen LogP contribution in [0.4, 0.5) is 0 Å². The maximum absolute atomic E-state index is 12.5. The molecule has 1 atom stereocenters. The van der Waals surface area contributed by atoms with Gasteiger partial charge in [-0.3, -0.25) is 9.59 Å². The van der Waals surface area contributed by atoms with E-state index in [4.69, 9.17) is 14.2 Å². The molecule has 0 aliphatic carbocycles. The maximum atomic E-state index is 12.5. The van der Waals surface area contributed by atoms with Gasteiger partial charge in [-0.25, -0.2) is 0 Å². The number of ketones is 2. The number of hydrogen-bond donors (Lipinski definition) is 0. The molecule has 0 amide bonds. The zero-order chi connectivity index (χ0) is 18.8. The Kier molecular flexibility index (Phi) is 9.39. The molecular weight excluding hydrogens is 320 g/mol. The highest BCUT2D eigenvalue weighted by atomic mass is 16.7. The summed E-state index contributed by atoms with van der Waals surface area (Å²) < 4.78 is 16.0. The lowest BCUT2D eigenvalue weighted by molar-refractivity contribution is -0.107. The van der Waals surface area contributed by atoms with Crippen molar-refractivity contribution in [3.8, 4) is 5.75 Å². The summed E-state index contributed by atoms with van der Waals surface area (Å²) in [4.78, 5) is 24.3. The molecule has 5 nitrogen and oxygen atoms in total. The SMILES string of the molecule is CCC(C)C(=O)c1cc(OCCCCC(OC)OC)ccc1C(C)=O. The summed E-state index contributed by atoms with van der Waals surface area (Å²) >= 11 is 0. The molecular formula is C20H30O5. The molecule has 0 aromatic heterocycles. The predicted molar refractivity (Wildman–Crippen MR) is 97.4 cm³/mol. The molecule has 0 spiro atoms. The Morgan fingerprint density at radius 2 is 1.76 bits per heavy atom. The zero-order valence-corrected chi connectivity index (χ0v) is 16.0. The van der Waals surface area contributed by atoms with Crippen molar-refractivity contribution in [2.45, 2.75) is 52.7 Å². The molecule has 1 aromatic rings. The first-order valence-corrected chi connectivity index (χ1v) is 8.82. The molecule has 0 bridgehead atoms. The number of hydrogen-bond acceptors (Lipinski definition) is 5. The summed E-state index contributed by atoms with van der Waals surface area (Å²) in [6.45, 7) is 5.85. The van der Waals surface area contributed by atoms with Gasteiger partial charge < -0.3 is 14.2 Å². The normalized spacial score (nSPS) is 12.2. The van der Waals surface area contributed by atoms with Crippen LogP contribution in [-0.4, -0.2) is 38.7 Å². The lowest BCUT2D eigenvalue weighted by atomic mass is 9.92. The molecule has 0 fully saturated rings. The number of Topliss-reactive ketones (excluding diaryl/α,β-unsaturated/α-hetero) is 2. The molecule has 0 saturated carbocycles. The van der Waals surface area contributed by atoms with Crippen LogP contribution in [0.1, 0.15) is 67.2 Å². The van der Waals surface area contributed by atoms with E-state index in [0.29, 0.717) is 23.5 Å². The number of ether oxygens (including phenoxy) is 3. The van der Waals surface area contributed by atoms with Gasteiger partial charge >= 0.3 is 0 Å². The molecule has 0 saturated heterocycles. The second kappa shape index (κ2) is 11.0. The number of carbonyl (C=O) groups excluding carboxylic acids is 2. The summed E-state index contributed by atoms with van der Waals surface area (Å²) in [6, 6.07) is 5.12. The van der Waals surface area contributed by atoms with Gasteiger partial charge in [-0.15, -0.1) is 0 Å². The maximum Gasteiger partial charge on any atom is 0.166 e. The molecule has 0 heterocycles. The van der Waals surface area contributed by atoms with Gasteiger partial charge in [-0.2, -0.15) is 0 Å². The molecule has 0 aliphatic rings. The molecule has 0 N–H and O–H groups in total. The van der Waals surface area contributed by atoms with Gasteiger partial charge in [0.2, 0.25) is 0 Å². The molecule has 1 aromatic carbocycles. The van der Waals surface area contributed by atoms with Crippen LogP contribution < -0.4 is 4.74 Å². The van der Waals surface area contributed by atoms with Crippen molar-refractivity contribution in [2.75, 3.05) is 20.8 Å². The molecule has 0 aliphatic heterocycles. The number of unbranched alkanes of at least 4 members (excludes halogenated alkanes) is 1. The van der Waals surface area contributed by atoms with Gasteiger partial charge in [0.05, 0.1) is 6.61 Å². The number of methoxy groups -OCH3 is 2. The van der Waals surface area contributed by atoms with E-state index in [0.717, 1.165) is 25.7 Å². The van der Waals surface area contributed by atoms with E-state index in [9.17, 15) is 9.59 Å². The van der Waals surface area contributed by atoms with Crippen LogP contribution in [0.15, 0.2) is 18.2 Å². The van der Waals surface area contributed by atoms with Crippen LogP contribution in [0.3, 0.4) is 0 Å². The first-order valence-electron chi connectivity index (χ1n) is 8.82. The van der Waals surface area contributed by atoms with E-state index >= 15 is 0 Å². The second-order valence-electron chi connectivity index (χ2n) is 6.18. The molecule has 0 radical (unpaired) electrons. The fraction of sp³-hybridized carbons (Fsp3) is 0.600. The van der Waals surface area contributed by atoms with Crippen LogP contribution in [0.2, 0.25) is 0 Å². The first-order chi connectivity index (χ1) is 11.9. The summed E-state index contributed by atoms with van der Waals surface area (Å²) in [5, 5.41) is 0.